The van der Waals surface area contributed by atoms with E-state index in [0.29, 0.717) is 18.2 Å². The summed E-state index contributed by atoms with van der Waals surface area (Å²) in [6, 6.07) is 3.82. The smallest absolute Gasteiger partial charge is 0.230 e. The number of hydrogen-bond acceptors (Lipinski definition) is 6. The van der Waals surface area contributed by atoms with Crippen molar-refractivity contribution in [2.75, 3.05) is 5.75 Å². The fourth-order valence-electron chi connectivity index (χ4n) is 3.03. The van der Waals surface area contributed by atoms with Crippen molar-refractivity contribution in [1.29, 1.82) is 0 Å². The summed E-state index contributed by atoms with van der Waals surface area (Å²) in [5, 5.41) is 6.89. The SMILES string of the molecule is Cc1noc(C)c1CSCC(=O)NCc1cccnc1OC1CCCC1. The molecule has 1 aliphatic carbocycles. The second-order valence-corrected chi connectivity index (χ2v) is 7.55. The Kier molecular flexibility index (Phi) is 6.55. The highest BCUT2D eigenvalue weighted by Crippen LogP contribution is 2.25. The van der Waals surface area contributed by atoms with Crippen molar-refractivity contribution in [2.24, 2.45) is 0 Å². The number of carbonyl (C=O) groups excluding carboxylic acids is 1. The normalized spacial score (nSPS) is 14.5. The minimum absolute atomic E-state index is 0.00238. The maximum atomic E-state index is 12.1. The Labute approximate surface area is 158 Å². The van der Waals surface area contributed by atoms with Crippen molar-refractivity contribution < 1.29 is 14.1 Å². The highest BCUT2D eigenvalue weighted by atomic mass is 32.2. The fraction of sp³-hybridized carbons (Fsp3) is 0.526. The molecule has 140 valence electrons. The zero-order valence-corrected chi connectivity index (χ0v) is 16.1. The molecule has 0 saturated heterocycles. The highest BCUT2D eigenvalue weighted by Gasteiger charge is 2.18. The fourth-order valence-corrected chi connectivity index (χ4v) is 4.03. The van der Waals surface area contributed by atoms with Gasteiger partial charge in [-0.2, -0.15) is 0 Å². The molecular formula is C19H25N3O3S. The molecule has 0 aromatic carbocycles. The molecule has 3 rings (SSSR count). The third-order valence-electron chi connectivity index (χ3n) is 4.57. The molecule has 26 heavy (non-hydrogen) atoms. The number of aryl methyl sites for hydroxylation is 2. The number of nitrogens with zero attached hydrogens (tertiary/aromatic N) is 2. The van der Waals surface area contributed by atoms with Crippen LogP contribution in [0.2, 0.25) is 0 Å². The quantitative estimate of drug-likeness (QED) is 0.760. The summed E-state index contributed by atoms with van der Waals surface area (Å²) in [5.74, 6) is 2.57. The number of hydrogen-bond donors (Lipinski definition) is 1. The number of ether oxygens (including phenoxy) is 1. The first-order chi connectivity index (χ1) is 12.6. The van der Waals surface area contributed by atoms with E-state index in [9.17, 15) is 4.79 Å². The zero-order chi connectivity index (χ0) is 18.4. The van der Waals surface area contributed by atoms with Gasteiger partial charge in [0.05, 0.1) is 11.4 Å². The van der Waals surface area contributed by atoms with Crippen molar-refractivity contribution in [3.05, 3.63) is 40.9 Å². The molecule has 2 heterocycles. The van der Waals surface area contributed by atoms with E-state index >= 15 is 0 Å². The average Bonchev–Trinajstić information content (AvgIpc) is 3.26. The summed E-state index contributed by atoms with van der Waals surface area (Å²) in [6.45, 7) is 4.24. The lowest BCUT2D eigenvalue weighted by atomic mass is 10.2. The van der Waals surface area contributed by atoms with Crippen LogP contribution in [0.5, 0.6) is 5.88 Å². The van der Waals surface area contributed by atoms with Crippen molar-refractivity contribution >= 4 is 17.7 Å². The molecule has 0 bridgehead atoms. The van der Waals surface area contributed by atoms with Gasteiger partial charge in [0, 0.05) is 29.6 Å². The van der Waals surface area contributed by atoms with Gasteiger partial charge in [0.1, 0.15) is 11.9 Å². The first-order valence-electron chi connectivity index (χ1n) is 9.00. The monoisotopic (exact) mass is 375 g/mol. The Morgan fingerprint density at radius 3 is 2.92 bits per heavy atom. The molecular weight excluding hydrogens is 350 g/mol. The predicted molar refractivity (Wildman–Crippen MR) is 101 cm³/mol. The highest BCUT2D eigenvalue weighted by molar-refractivity contribution is 7.99. The van der Waals surface area contributed by atoms with E-state index in [1.807, 2.05) is 26.0 Å². The molecule has 7 heteroatoms. The van der Waals surface area contributed by atoms with Crippen molar-refractivity contribution in [2.45, 2.75) is 57.9 Å². The molecule has 1 aliphatic rings. The Morgan fingerprint density at radius 1 is 1.38 bits per heavy atom. The number of aromatic nitrogens is 2. The van der Waals surface area contributed by atoms with E-state index in [2.05, 4.69) is 15.5 Å². The summed E-state index contributed by atoms with van der Waals surface area (Å²) < 4.78 is 11.2. The molecule has 1 saturated carbocycles. The van der Waals surface area contributed by atoms with E-state index < -0.39 is 0 Å². The molecule has 1 N–H and O–H groups in total. The van der Waals surface area contributed by atoms with E-state index in [1.54, 1.807) is 18.0 Å². The third kappa shape index (κ3) is 5.00. The minimum Gasteiger partial charge on any atom is -0.474 e. The Hall–Kier alpha value is -2.02. The molecule has 0 unspecified atom stereocenters. The van der Waals surface area contributed by atoms with Crippen molar-refractivity contribution in [3.63, 3.8) is 0 Å². The van der Waals surface area contributed by atoms with Gasteiger partial charge in [-0.3, -0.25) is 4.79 Å². The summed E-state index contributed by atoms with van der Waals surface area (Å²) in [5.41, 5.74) is 2.88. The van der Waals surface area contributed by atoms with E-state index in [0.717, 1.165) is 41.2 Å². The first-order valence-corrected chi connectivity index (χ1v) is 10.2. The topological polar surface area (TPSA) is 77.3 Å². The first kappa shape index (κ1) is 18.8. The molecule has 2 aromatic rings. The lowest BCUT2D eigenvalue weighted by molar-refractivity contribution is -0.118. The van der Waals surface area contributed by atoms with Crippen molar-refractivity contribution in [1.82, 2.24) is 15.5 Å². The van der Waals surface area contributed by atoms with Crippen LogP contribution in [-0.4, -0.2) is 27.9 Å². The summed E-state index contributed by atoms with van der Waals surface area (Å²) >= 11 is 1.55. The second-order valence-electron chi connectivity index (χ2n) is 6.56. The van der Waals surface area contributed by atoms with Crippen LogP contribution >= 0.6 is 11.8 Å². The molecule has 1 fully saturated rings. The molecule has 2 aromatic heterocycles. The van der Waals surface area contributed by atoms with Crippen molar-refractivity contribution in [3.8, 4) is 5.88 Å². The summed E-state index contributed by atoms with van der Waals surface area (Å²) in [4.78, 5) is 16.5. The number of carbonyl (C=O) groups is 1. The maximum absolute atomic E-state index is 12.1. The lowest BCUT2D eigenvalue weighted by Gasteiger charge is -2.15. The van der Waals surface area contributed by atoms with Gasteiger partial charge in [0.25, 0.3) is 0 Å². The number of thioether (sulfide) groups is 1. The second kappa shape index (κ2) is 9.07. The van der Waals surface area contributed by atoms with Gasteiger partial charge in [0.2, 0.25) is 11.8 Å². The Morgan fingerprint density at radius 2 is 2.19 bits per heavy atom. The van der Waals surface area contributed by atoms with Gasteiger partial charge in [-0.05, 0) is 45.6 Å². The Bertz CT molecular complexity index is 722. The minimum atomic E-state index is -0.00238. The molecule has 1 amide bonds. The van der Waals surface area contributed by atoms with Gasteiger partial charge in [-0.1, -0.05) is 11.2 Å². The molecule has 0 radical (unpaired) electrons. The van der Waals surface area contributed by atoms with Crippen LogP contribution in [0, 0.1) is 13.8 Å². The number of amides is 1. The zero-order valence-electron chi connectivity index (χ0n) is 15.3. The standard InChI is InChI=1S/C19H25N3O3S/c1-13-17(14(2)25-22-13)11-26-12-18(23)21-10-15-6-5-9-20-19(15)24-16-7-3-4-8-16/h5-6,9,16H,3-4,7-8,10-12H2,1-2H3,(H,21,23). The van der Waals surface area contributed by atoms with E-state index in [4.69, 9.17) is 9.26 Å². The van der Waals surface area contributed by atoms with Crippen LogP contribution in [0.1, 0.15) is 48.3 Å². The lowest BCUT2D eigenvalue weighted by Crippen LogP contribution is -2.25. The average molecular weight is 375 g/mol. The van der Waals surface area contributed by atoms with Gasteiger partial charge < -0.3 is 14.6 Å². The van der Waals surface area contributed by atoms with Crippen LogP contribution in [-0.2, 0) is 17.1 Å². The summed E-state index contributed by atoms with van der Waals surface area (Å²) in [6.07, 6.45) is 6.58. The largest absolute Gasteiger partial charge is 0.474 e. The molecule has 0 aliphatic heterocycles. The van der Waals surface area contributed by atoms with E-state index in [1.165, 1.54) is 12.8 Å². The van der Waals surface area contributed by atoms with Gasteiger partial charge in [-0.25, -0.2) is 4.98 Å². The summed E-state index contributed by atoms with van der Waals surface area (Å²) in [7, 11) is 0. The van der Waals surface area contributed by atoms with Crippen LogP contribution < -0.4 is 10.1 Å². The molecule has 0 spiro atoms. The molecule has 6 nitrogen and oxygen atoms in total. The molecule has 0 atom stereocenters. The predicted octanol–water partition coefficient (Wildman–Crippen LogP) is 3.56. The van der Waals surface area contributed by atoms with Gasteiger partial charge in [-0.15, -0.1) is 11.8 Å². The van der Waals surface area contributed by atoms with Crippen LogP contribution in [0.4, 0.5) is 0 Å². The number of rotatable bonds is 8. The maximum Gasteiger partial charge on any atom is 0.230 e. The van der Waals surface area contributed by atoms with Gasteiger partial charge >= 0.3 is 0 Å². The van der Waals surface area contributed by atoms with Crippen LogP contribution in [0.15, 0.2) is 22.9 Å². The number of nitrogens with one attached hydrogen (secondary N) is 1. The van der Waals surface area contributed by atoms with E-state index in [-0.39, 0.29) is 12.0 Å². The number of pyridine rings is 1. The van der Waals surface area contributed by atoms with Crippen LogP contribution in [0.25, 0.3) is 0 Å². The van der Waals surface area contributed by atoms with Crippen LogP contribution in [0.3, 0.4) is 0 Å². The third-order valence-corrected chi connectivity index (χ3v) is 5.53. The van der Waals surface area contributed by atoms with Gasteiger partial charge in [0.15, 0.2) is 0 Å². The Balaban J connectivity index is 1.45.